The summed E-state index contributed by atoms with van der Waals surface area (Å²) >= 11 is 12.5. The van der Waals surface area contributed by atoms with Gasteiger partial charge < -0.3 is 4.90 Å². The molecule has 2 aromatic carbocycles. The standard InChI is InChI=1S/C30H29Cl2F3N4O3/c31-22-3-1-2-20(27(22)32)17-6-10-38(11-7-17)25-8-9-37(16-30(25,34)35)14-19-12-18-15-39(29(42)21(18)13-23(19)33)24-4-5-26(40)36-28(24)41/h1-3,6,12-13,24-25H,4-5,7-11,14-16H2,(H,36,40,41). The number of rotatable bonds is 5. The molecule has 2 aromatic rings. The van der Waals surface area contributed by atoms with Crippen molar-refractivity contribution in [1.82, 2.24) is 20.0 Å². The maximum atomic E-state index is 15.5. The number of hydrogen-bond acceptors (Lipinski definition) is 5. The number of piperidine rings is 2. The maximum Gasteiger partial charge on any atom is 0.275 e. The van der Waals surface area contributed by atoms with Gasteiger partial charge in [0.2, 0.25) is 11.8 Å². The van der Waals surface area contributed by atoms with E-state index < -0.39 is 48.1 Å². The number of halogens is 5. The second-order valence-corrected chi connectivity index (χ2v) is 12.1. The first-order chi connectivity index (χ1) is 20.0. The van der Waals surface area contributed by atoms with Crippen LogP contribution in [0.4, 0.5) is 13.2 Å². The fraction of sp³-hybridized carbons (Fsp3) is 0.433. The Morgan fingerprint density at radius 2 is 1.83 bits per heavy atom. The molecule has 0 radical (unpaired) electrons. The van der Waals surface area contributed by atoms with Crippen LogP contribution in [0.1, 0.15) is 52.7 Å². The zero-order valence-electron chi connectivity index (χ0n) is 22.6. The molecule has 0 spiro atoms. The van der Waals surface area contributed by atoms with Crippen molar-refractivity contribution in [2.45, 2.75) is 56.8 Å². The van der Waals surface area contributed by atoms with Crippen LogP contribution in [0.3, 0.4) is 0 Å². The van der Waals surface area contributed by atoms with E-state index in [0.29, 0.717) is 41.7 Å². The zero-order valence-corrected chi connectivity index (χ0v) is 24.2. The molecule has 0 bridgehead atoms. The van der Waals surface area contributed by atoms with Gasteiger partial charge in [0.05, 0.1) is 22.6 Å². The van der Waals surface area contributed by atoms with Crippen molar-refractivity contribution < 1.29 is 27.6 Å². The summed E-state index contributed by atoms with van der Waals surface area (Å²) in [6, 6.07) is 6.33. The number of benzene rings is 2. The molecule has 2 atom stereocenters. The first-order valence-corrected chi connectivity index (χ1v) is 14.7. The van der Waals surface area contributed by atoms with Crippen LogP contribution in [-0.2, 0) is 22.7 Å². The number of likely N-dealkylation sites (tertiary alicyclic amines) is 1. The van der Waals surface area contributed by atoms with E-state index in [0.717, 1.165) is 17.2 Å². The van der Waals surface area contributed by atoms with Crippen LogP contribution in [0, 0.1) is 5.82 Å². The van der Waals surface area contributed by atoms with Gasteiger partial charge in [-0.3, -0.25) is 29.5 Å². The van der Waals surface area contributed by atoms with Gasteiger partial charge in [0, 0.05) is 50.3 Å². The van der Waals surface area contributed by atoms with Gasteiger partial charge in [-0.1, -0.05) is 41.4 Å². The molecule has 1 N–H and O–H groups in total. The van der Waals surface area contributed by atoms with Crippen LogP contribution in [0.25, 0.3) is 5.57 Å². The van der Waals surface area contributed by atoms with E-state index in [2.05, 4.69) is 5.32 Å². The van der Waals surface area contributed by atoms with Crippen molar-refractivity contribution in [3.63, 3.8) is 0 Å². The Labute approximate surface area is 251 Å². The SMILES string of the molecule is O=C1CCC(N2Cc3cc(CN4CCC(N5CC=C(c6cccc(Cl)c6Cl)CC5)C(F)(F)C4)c(F)cc3C2=O)C(=O)N1. The van der Waals surface area contributed by atoms with Crippen molar-refractivity contribution in [1.29, 1.82) is 0 Å². The number of carbonyl (C=O) groups is 3. The van der Waals surface area contributed by atoms with Crippen molar-refractivity contribution >= 4 is 46.5 Å². The van der Waals surface area contributed by atoms with Gasteiger partial charge in [-0.05, 0) is 54.2 Å². The van der Waals surface area contributed by atoms with E-state index in [-0.39, 0.29) is 43.5 Å². The molecular formula is C30H29Cl2F3N4O3. The van der Waals surface area contributed by atoms with Crippen molar-refractivity contribution in [3.8, 4) is 0 Å². The molecule has 2 saturated heterocycles. The van der Waals surface area contributed by atoms with Gasteiger partial charge in [-0.15, -0.1) is 0 Å². The molecule has 2 fully saturated rings. The van der Waals surface area contributed by atoms with E-state index in [1.165, 1.54) is 11.0 Å². The van der Waals surface area contributed by atoms with Crippen molar-refractivity contribution in [3.05, 3.63) is 74.5 Å². The van der Waals surface area contributed by atoms with Gasteiger partial charge in [0.15, 0.2) is 0 Å². The molecule has 2 unspecified atom stereocenters. The minimum atomic E-state index is -3.01. The fourth-order valence-corrected chi connectivity index (χ4v) is 6.97. The fourth-order valence-electron chi connectivity index (χ4n) is 6.55. The van der Waals surface area contributed by atoms with Crippen LogP contribution in [-0.4, -0.2) is 76.6 Å². The Balaban J connectivity index is 1.10. The number of amides is 3. The first kappa shape index (κ1) is 29.2. The lowest BCUT2D eigenvalue weighted by molar-refractivity contribution is -0.136. The molecule has 7 nitrogen and oxygen atoms in total. The number of alkyl halides is 2. The third kappa shape index (κ3) is 5.45. The summed E-state index contributed by atoms with van der Waals surface area (Å²) < 4.78 is 46.1. The summed E-state index contributed by atoms with van der Waals surface area (Å²) in [6.07, 6.45) is 3.05. The molecule has 0 saturated carbocycles. The van der Waals surface area contributed by atoms with Gasteiger partial charge >= 0.3 is 0 Å². The minimum absolute atomic E-state index is 0.0225. The molecule has 4 aliphatic heterocycles. The third-order valence-corrected chi connectivity index (χ3v) is 9.52. The molecule has 222 valence electrons. The van der Waals surface area contributed by atoms with Crippen LogP contribution >= 0.6 is 23.2 Å². The molecule has 4 aliphatic rings. The average Bonchev–Trinajstić information content (AvgIpc) is 3.25. The zero-order chi connectivity index (χ0) is 29.8. The monoisotopic (exact) mass is 620 g/mol. The van der Waals surface area contributed by atoms with Gasteiger partial charge in [0.25, 0.3) is 11.8 Å². The second-order valence-electron chi connectivity index (χ2n) is 11.4. The molecule has 0 aromatic heterocycles. The van der Waals surface area contributed by atoms with Gasteiger partial charge in [-0.25, -0.2) is 13.2 Å². The minimum Gasteiger partial charge on any atom is -0.322 e. The highest BCUT2D eigenvalue weighted by Gasteiger charge is 2.48. The highest BCUT2D eigenvalue weighted by Crippen LogP contribution is 2.38. The lowest BCUT2D eigenvalue weighted by atomic mass is 9.94. The second kappa shape index (κ2) is 11.3. The number of imide groups is 1. The largest absolute Gasteiger partial charge is 0.322 e. The predicted molar refractivity (Wildman–Crippen MR) is 152 cm³/mol. The van der Waals surface area contributed by atoms with Crippen LogP contribution < -0.4 is 5.32 Å². The van der Waals surface area contributed by atoms with E-state index >= 15 is 13.2 Å². The quantitative estimate of drug-likeness (QED) is 0.482. The first-order valence-electron chi connectivity index (χ1n) is 14.0. The molecule has 6 rings (SSSR count). The van der Waals surface area contributed by atoms with E-state index in [9.17, 15) is 14.4 Å². The molecule has 12 heteroatoms. The number of fused-ring (bicyclic) bond motifs is 1. The Hall–Kier alpha value is -2.92. The summed E-state index contributed by atoms with van der Waals surface area (Å²) in [5.74, 6) is -5.08. The summed E-state index contributed by atoms with van der Waals surface area (Å²) in [4.78, 5) is 41.4. The lowest BCUT2D eigenvalue weighted by Crippen LogP contribution is -2.58. The number of carbonyl (C=O) groups excluding carboxylic acids is 3. The Kier molecular flexibility index (Phi) is 7.84. The van der Waals surface area contributed by atoms with Crippen molar-refractivity contribution in [2.24, 2.45) is 0 Å². The summed E-state index contributed by atoms with van der Waals surface area (Å²) in [5, 5.41) is 3.15. The van der Waals surface area contributed by atoms with Gasteiger partial charge in [0.1, 0.15) is 11.9 Å². The molecule has 0 aliphatic carbocycles. The van der Waals surface area contributed by atoms with Crippen molar-refractivity contribution in [2.75, 3.05) is 26.2 Å². The number of hydrogen-bond donors (Lipinski definition) is 1. The molecular weight excluding hydrogens is 592 g/mol. The highest BCUT2D eigenvalue weighted by atomic mass is 35.5. The normalized spacial score (nSPS) is 24.9. The van der Waals surface area contributed by atoms with Gasteiger partial charge in [-0.2, -0.15) is 0 Å². The van der Waals surface area contributed by atoms with E-state index in [1.54, 1.807) is 15.9 Å². The van der Waals surface area contributed by atoms with Crippen LogP contribution in [0.15, 0.2) is 36.4 Å². The maximum absolute atomic E-state index is 15.5. The molecule has 4 heterocycles. The van der Waals surface area contributed by atoms with E-state index in [1.807, 2.05) is 18.2 Å². The predicted octanol–water partition coefficient (Wildman–Crippen LogP) is 4.89. The Bertz CT molecular complexity index is 1500. The van der Waals surface area contributed by atoms with Crippen LogP contribution in [0.5, 0.6) is 0 Å². The summed E-state index contributed by atoms with van der Waals surface area (Å²) in [5.41, 5.74) is 2.73. The topological polar surface area (TPSA) is 73.0 Å². The lowest BCUT2D eigenvalue weighted by Gasteiger charge is -2.44. The van der Waals surface area contributed by atoms with E-state index in [4.69, 9.17) is 23.2 Å². The molecule has 3 amide bonds. The highest BCUT2D eigenvalue weighted by molar-refractivity contribution is 6.43. The Morgan fingerprint density at radius 3 is 2.55 bits per heavy atom. The molecule has 42 heavy (non-hydrogen) atoms. The third-order valence-electron chi connectivity index (χ3n) is 8.70. The summed E-state index contributed by atoms with van der Waals surface area (Å²) in [6.45, 7) is 0.762. The van der Waals surface area contributed by atoms with Crippen LogP contribution in [0.2, 0.25) is 10.0 Å². The Morgan fingerprint density at radius 1 is 1.02 bits per heavy atom. The number of nitrogens with zero attached hydrogens (tertiary/aromatic N) is 3. The number of nitrogens with one attached hydrogen (secondary N) is 1. The average molecular weight is 621 g/mol. The summed E-state index contributed by atoms with van der Waals surface area (Å²) in [7, 11) is 0. The smallest absolute Gasteiger partial charge is 0.275 e.